The molecule has 1 aliphatic heterocycles. The summed E-state index contributed by atoms with van der Waals surface area (Å²) in [6.45, 7) is 8.73. The number of benzene rings is 3. The van der Waals surface area contributed by atoms with Crippen LogP contribution >= 0.6 is 23.1 Å². The highest BCUT2D eigenvalue weighted by Crippen LogP contribution is 2.46. The molecule has 3 heterocycles. The fourth-order valence-corrected chi connectivity index (χ4v) is 7.31. The average molecular weight is 670 g/mol. The maximum atomic E-state index is 13.8. The summed E-state index contributed by atoms with van der Waals surface area (Å²) < 4.78 is 18.2. The lowest BCUT2D eigenvalue weighted by molar-refractivity contribution is -0.117. The summed E-state index contributed by atoms with van der Waals surface area (Å²) in [6, 6.07) is 21.9. The monoisotopic (exact) mass is 669 g/mol. The van der Waals surface area contributed by atoms with Crippen LogP contribution in [0.25, 0.3) is 10.8 Å². The molecule has 0 bridgehead atoms. The second-order valence-electron chi connectivity index (χ2n) is 11.5. The Hall–Kier alpha value is -4.61. The number of aromatic nitrogens is 2. The number of anilines is 1. The third-order valence-corrected chi connectivity index (χ3v) is 9.89. The quantitative estimate of drug-likeness (QED) is 0.0749. The van der Waals surface area contributed by atoms with E-state index in [4.69, 9.17) is 13.9 Å². The molecule has 242 valence electrons. The van der Waals surface area contributed by atoms with Crippen LogP contribution in [-0.4, -0.2) is 40.2 Å². The molecule has 11 heteroatoms. The standard InChI is InChI=1S/C36H35N3O6S2/c1-5-43-29-19-24(14-16-27(29)44-18-17-21(2)3)31-30(32(40)28-15-13-22(4)45-28)33(41)34(42)39(31)35-37-38-36(47-35)46-20-25-11-8-10-23-9-6-7-12-26(23)25/h6-16,19,21,31,41H,5,17-18,20H2,1-4H3. The molecular weight excluding hydrogens is 635 g/mol. The highest BCUT2D eigenvalue weighted by atomic mass is 32.2. The third kappa shape index (κ3) is 6.77. The van der Waals surface area contributed by atoms with Crippen molar-refractivity contribution in [3.8, 4) is 11.5 Å². The summed E-state index contributed by atoms with van der Waals surface area (Å²) in [7, 11) is 0. The zero-order chi connectivity index (χ0) is 33.1. The molecule has 1 N–H and O–H groups in total. The van der Waals surface area contributed by atoms with Crippen molar-refractivity contribution < 1.29 is 28.6 Å². The Kier molecular flexibility index (Phi) is 9.65. The number of nitrogens with zero attached hydrogens (tertiary/aromatic N) is 3. The van der Waals surface area contributed by atoms with Crippen molar-refractivity contribution in [2.75, 3.05) is 18.1 Å². The molecule has 0 spiro atoms. The van der Waals surface area contributed by atoms with Crippen LogP contribution in [0, 0.1) is 12.8 Å². The Balaban J connectivity index is 1.35. The van der Waals surface area contributed by atoms with Gasteiger partial charge >= 0.3 is 0 Å². The van der Waals surface area contributed by atoms with E-state index < -0.39 is 23.5 Å². The number of thioether (sulfide) groups is 1. The smallest absolute Gasteiger partial charge is 0.296 e. The first kappa shape index (κ1) is 32.3. The highest BCUT2D eigenvalue weighted by molar-refractivity contribution is 8.00. The summed E-state index contributed by atoms with van der Waals surface area (Å²) in [6.07, 6.45) is 0.869. The number of carbonyl (C=O) groups is 2. The maximum Gasteiger partial charge on any atom is 0.296 e. The van der Waals surface area contributed by atoms with Crippen molar-refractivity contribution in [1.82, 2.24) is 10.2 Å². The molecule has 3 aromatic carbocycles. The molecule has 1 atom stereocenters. The minimum absolute atomic E-state index is 0.0194. The van der Waals surface area contributed by atoms with Crippen molar-refractivity contribution in [3.05, 3.63) is 107 Å². The number of hydrogen-bond donors (Lipinski definition) is 1. The maximum absolute atomic E-state index is 13.8. The number of ether oxygens (including phenoxy) is 2. The van der Waals surface area contributed by atoms with Gasteiger partial charge in [0.1, 0.15) is 5.76 Å². The van der Waals surface area contributed by atoms with E-state index in [1.807, 2.05) is 25.1 Å². The number of amides is 1. The SMILES string of the molecule is CCOc1cc(C2C(C(=O)c3ccc(C)o3)=C(O)C(=O)N2c2nnc(SCc3cccc4ccccc34)s2)ccc1OCCC(C)C. The molecule has 9 nitrogen and oxygen atoms in total. The molecule has 6 rings (SSSR count). The fourth-order valence-electron chi connectivity index (χ4n) is 5.44. The first-order chi connectivity index (χ1) is 22.7. The molecule has 1 amide bonds. The Morgan fingerprint density at radius 2 is 1.85 bits per heavy atom. The number of carbonyl (C=O) groups excluding carboxylic acids is 2. The molecule has 5 aromatic rings. The van der Waals surface area contributed by atoms with E-state index in [0.29, 0.717) is 52.0 Å². The highest BCUT2D eigenvalue weighted by Gasteiger charge is 2.47. The van der Waals surface area contributed by atoms with Gasteiger partial charge in [0.25, 0.3) is 5.91 Å². The van der Waals surface area contributed by atoms with Crippen LogP contribution in [0.4, 0.5) is 5.13 Å². The number of aryl methyl sites for hydroxylation is 1. The fraction of sp³-hybridized carbons (Fsp3) is 0.278. The van der Waals surface area contributed by atoms with Crippen molar-refractivity contribution in [3.63, 3.8) is 0 Å². The molecule has 1 unspecified atom stereocenters. The largest absolute Gasteiger partial charge is 0.503 e. The number of fused-ring (bicyclic) bond motifs is 1. The zero-order valence-electron chi connectivity index (χ0n) is 26.6. The Morgan fingerprint density at radius 3 is 2.62 bits per heavy atom. The molecule has 2 aromatic heterocycles. The van der Waals surface area contributed by atoms with Crippen LogP contribution in [0.1, 0.15) is 60.7 Å². The van der Waals surface area contributed by atoms with Gasteiger partial charge in [0.15, 0.2) is 27.4 Å². The number of ketones is 1. The van der Waals surface area contributed by atoms with Crippen LogP contribution in [-0.2, 0) is 10.5 Å². The molecule has 47 heavy (non-hydrogen) atoms. The van der Waals surface area contributed by atoms with E-state index in [1.54, 1.807) is 31.2 Å². The van der Waals surface area contributed by atoms with Gasteiger partial charge in [0.05, 0.1) is 24.8 Å². The van der Waals surface area contributed by atoms with Gasteiger partial charge in [-0.25, -0.2) is 0 Å². The van der Waals surface area contributed by atoms with E-state index in [-0.39, 0.29) is 16.5 Å². The van der Waals surface area contributed by atoms with E-state index in [1.165, 1.54) is 34.1 Å². The third-order valence-electron chi connectivity index (χ3n) is 7.79. The van der Waals surface area contributed by atoms with Gasteiger partial charge in [-0.2, -0.15) is 0 Å². The number of aliphatic hydroxyl groups excluding tert-OH is 1. The van der Waals surface area contributed by atoms with Crippen LogP contribution < -0.4 is 14.4 Å². The van der Waals surface area contributed by atoms with Gasteiger partial charge in [0, 0.05) is 5.75 Å². The van der Waals surface area contributed by atoms with Crippen molar-refractivity contribution in [1.29, 1.82) is 0 Å². The van der Waals surface area contributed by atoms with Gasteiger partial charge in [0.2, 0.25) is 10.9 Å². The van der Waals surface area contributed by atoms with Crippen LogP contribution in [0.15, 0.2) is 92.9 Å². The lowest BCUT2D eigenvalue weighted by atomic mass is 9.95. The summed E-state index contributed by atoms with van der Waals surface area (Å²) in [5.74, 6) is 0.681. The number of furan rings is 1. The normalized spacial score (nSPS) is 14.9. The van der Waals surface area contributed by atoms with E-state index in [0.717, 1.165) is 22.8 Å². The summed E-state index contributed by atoms with van der Waals surface area (Å²) in [4.78, 5) is 28.9. The first-order valence-corrected chi connectivity index (χ1v) is 17.3. The van der Waals surface area contributed by atoms with E-state index in [2.05, 4.69) is 48.3 Å². The van der Waals surface area contributed by atoms with Crippen LogP contribution in [0.5, 0.6) is 11.5 Å². The predicted octanol–water partition coefficient (Wildman–Crippen LogP) is 8.49. The second kappa shape index (κ2) is 14.0. The molecule has 1 aliphatic rings. The number of aliphatic hydroxyl groups is 1. The Labute approximate surface area is 281 Å². The van der Waals surface area contributed by atoms with Gasteiger partial charge < -0.3 is 19.0 Å². The predicted molar refractivity (Wildman–Crippen MR) is 184 cm³/mol. The zero-order valence-corrected chi connectivity index (χ0v) is 28.2. The van der Waals surface area contributed by atoms with Crippen molar-refractivity contribution in [2.45, 2.75) is 50.3 Å². The summed E-state index contributed by atoms with van der Waals surface area (Å²) in [5.41, 5.74) is 1.58. The van der Waals surface area contributed by atoms with Crippen molar-refractivity contribution in [2.24, 2.45) is 5.92 Å². The van der Waals surface area contributed by atoms with Gasteiger partial charge in [-0.1, -0.05) is 85.5 Å². The van der Waals surface area contributed by atoms with Crippen LogP contribution in [0.2, 0.25) is 0 Å². The minimum atomic E-state index is -1.02. The Morgan fingerprint density at radius 1 is 1.04 bits per heavy atom. The summed E-state index contributed by atoms with van der Waals surface area (Å²) >= 11 is 2.73. The molecule has 0 aliphatic carbocycles. The van der Waals surface area contributed by atoms with Gasteiger partial charge in [-0.15, -0.1) is 10.2 Å². The molecule has 0 saturated carbocycles. The summed E-state index contributed by atoms with van der Waals surface area (Å²) in [5, 5.41) is 22.5. The second-order valence-corrected chi connectivity index (χ2v) is 13.7. The van der Waals surface area contributed by atoms with E-state index >= 15 is 0 Å². The molecule has 0 fully saturated rings. The number of Topliss-reactive ketones (excluding diaryl/α,β-unsaturated/α-hetero) is 1. The number of hydrogen-bond acceptors (Lipinski definition) is 10. The van der Waals surface area contributed by atoms with Crippen LogP contribution in [0.3, 0.4) is 0 Å². The van der Waals surface area contributed by atoms with Gasteiger partial charge in [-0.3, -0.25) is 14.5 Å². The first-order valence-electron chi connectivity index (χ1n) is 15.5. The minimum Gasteiger partial charge on any atom is -0.503 e. The molecule has 0 saturated heterocycles. The number of rotatable bonds is 13. The molecular formula is C36H35N3O6S2. The van der Waals surface area contributed by atoms with Crippen molar-refractivity contribution >= 4 is 50.7 Å². The topological polar surface area (TPSA) is 115 Å². The van der Waals surface area contributed by atoms with Gasteiger partial charge in [-0.05, 0) is 72.4 Å². The lowest BCUT2D eigenvalue weighted by Gasteiger charge is -2.25. The average Bonchev–Trinajstić information content (AvgIpc) is 3.78. The Bertz CT molecular complexity index is 1960. The lowest BCUT2D eigenvalue weighted by Crippen LogP contribution is -2.31. The molecule has 0 radical (unpaired) electrons. The van der Waals surface area contributed by atoms with E-state index in [9.17, 15) is 14.7 Å².